The van der Waals surface area contributed by atoms with Crippen molar-refractivity contribution in [3.63, 3.8) is 0 Å². The lowest BCUT2D eigenvalue weighted by molar-refractivity contribution is 0.289. The molecule has 0 amide bonds. The fraction of sp³-hybridized carbons (Fsp3) is 0.429. The van der Waals surface area contributed by atoms with Gasteiger partial charge < -0.3 is 9.47 Å². The number of pyridine rings is 2. The highest BCUT2D eigenvalue weighted by atomic mass is 16.1. The number of nitrogens with zero attached hydrogens (tertiary/aromatic N) is 3. The van der Waals surface area contributed by atoms with E-state index in [2.05, 4.69) is 23.7 Å². The van der Waals surface area contributed by atoms with Gasteiger partial charge in [-0.05, 0) is 31.3 Å². The molecule has 0 N–H and O–H groups in total. The molecule has 0 fully saturated rings. The van der Waals surface area contributed by atoms with Crippen LogP contribution >= 0.6 is 0 Å². The average molecular weight is 245 g/mol. The van der Waals surface area contributed by atoms with Crippen LogP contribution in [-0.4, -0.2) is 34.1 Å². The summed E-state index contributed by atoms with van der Waals surface area (Å²) in [6, 6.07) is 5.54. The van der Waals surface area contributed by atoms with E-state index in [1.165, 1.54) is 0 Å². The summed E-state index contributed by atoms with van der Waals surface area (Å²) in [5.41, 5.74) is 0.814. The minimum Gasteiger partial charge on any atom is -0.314 e. The van der Waals surface area contributed by atoms with Crippen LogP contribution in [0.3, 0.4) is 0 Å². The molecule has 4 heteroatoms. The number of hydrogen-bond donors (Lipinski definition) is 0. The molecule has 96 valence electrons. The molecule has 0 radical (unpaired) electrons. The summed E-state index contributed by atoms with van der Waals surface area (Å²) in [4.78, 5) is 18.7. The van der Waals surface area contributed by atoms with Gasteiger partial charge in [-0.2, -0.15) is 0 Å². The zero-order valence-electron chi connectivity index (χ0n) is 11.0. The van der Waals surface area contributed by atoms with Gasteiger partial charge >= 0.3 is 0 Å². The van der Waals surface area contributed by atoms with Crippen LogP contribution < -0.4 is 5.56 Å². The zero-order valence-corrected chi connectivity index (χ0v) is 11.0. The van der Waals surface area contributed by atoms with Crippen molar-refractivity contribution in [3.05, 3.63) is 40.9 Å². The lowest BCUT2D eigenvalue weighted by Crippen LogP contribution is -2.30. The maximum Gasteiger partial charge on any atom is 0.260 e. The molecular weight excluding hydrogens is 226 g/mol. The standard InChI is InChI=1S/C14H19N3O/c1-3-16(4-2)10-11-17-9-7-13-12(14(17)18)6-5-8-15-13/h5-9H,3-4,10-11H2,1-2H3. The molecule has 0 spiro atoms. The normalized spacial score (nSPS) is 11.3. The number of fused-ring (bicyclic) bond motifs is 1. The van der Waals surface area contributed by atoms with Crippen LogP contribution in [0.15, 0.2) is 35.4 Å². The Hall–Kier alpha value is -1.68. The fourth-order valence-electron chi connectivity index (χ4n) is 2.08. The molecule has 0 aliphatic rings. The zero-order chi connectivity index (χ0) is 13.0. The minimum atomic E-state index is 0.0488. The Morgan fingerprint density at radius 2 is 2.06 bits per heavy atom. The van der Waals surface area contributed by atoms with Crippen LogP contribution in [0.4, 0.5) is 0 Å². The Labute approximate surface area is 107 Å². The van der Waals surface area contributed by atoms with Gasteiger partial charge in [0.1, 0.15) is 0 Å². The van der Waals surface area contributed by atoms with Crippen molar-refractivity contribution >= 4 is 10.9 Å². The topological polar surface area (TPSA) is 38.1 Å². The van der Waals surface area contributed by atoms with E-state index in [1.54, 1.807) is 16.8 Å². The van der Waals surface area contributed by atoms with E-state index in [0.29, 0.717) is 5.39 Å². The van der Waals surface area contributed by atoms with Crippen molar-refractivity contribution < 1.29 is 0 Å². The maximum absolute atomic E-state index is 12.2. The van der Waals surface area contributed by atoms with Crippen molar-refractivity contribution in [3.8, 4) is 0 Å². The molecule has 0 atom stereocenters. The quantitative estimate of drug-likeness (QED) is 0.805. The molecule has 0 aliphatic carbocycles. The molecule has 0 saturated carbocycles. The van der Waals surface area contributed by atoms with E-state index in [-0.39, 0.29) is 5.56 Å². The molecule has 0 unspecified atom stereocenters. The fourth-order valence-corrected chi connectivity index (χ4v) is 2.08. The summed E-state index contributed by atoms with van der Waals surface area (Å²) in [6.45, 7) is 7.93. The minimum absolute atomic E-state index is 0.0488. The molecule has 2 heterocycles. The van der Waals surface area contributed by atoms with Gasteiger partial charge in [0.25, 0.3) is 5.56 Å². The molecule has 0 aromatic carbocycles. The van der Waals surface area contributed by atoms with Crippen LogP contribution in [0.5, 0.6) is 0 Å². The smallest absolute Gasteiger partial charge is 0.260 e. The lowest BCUT2D eigenvalue weighted by atomic mass is 10.2. The van der Waals surface area contributed by atoms with Crippen LogP contribution in [-0.2, 0) is 6.54 Å². The van der Waals surface area contributed by atoms with Gasteiger partial charge in [0, 0.05) is 25.5 Å². The predicted molar refractivity (Wildman–Crippen MR) is 73.8 cm³/mol. The van der Waals surface area contributed by atoms with Crippen molar-refractivity contribution in [2.24, 2.45) is 0 Å². The van der Waals surface area contributed by atoms with Gasteiger partial charge in [0.15, 0.2) is 0 Å². The maximum atomic E-state index is 12.2. The summed E-state index contributed by atoms with van der Waals surface area (Å²) >= 11 is 0. The Morgan fingerprint density at radius 3 is 2.78 bits per heavy atom. The van der Waals surface area contributed by atoms with Crippen molar-refractivity contribution in [1.29, 1.82) is 0 Å². The first-order valence-corrected chi connectivity index (χ1v) is 6.42. The van der Waals surface area contributed by atoms with E-state index in [0.717, 1.165) is 31.7 Å². The number of rotatable bonds is 5. The van der Waals surface area contributed by atoms with Crippen LogP contribution in [0, 0.1) is 0 Å². The first kappa shape index (κ1) is 12.8. The highest BCUT2D eigenvalue weighted by molar-refractivity contribution is 5.76. The van der Waals surface area contributed by atoms with Crippen molar-refractivity contribution in [2.45, 2.75) is 20.4 Å². The second-order valence-electron chi connectivity index (χ2n) is 4.28. The largest absolute Gasteiger partial charge is 0.314 e. The molecule has 0 aliphatic heterocycles. The Morgan fingerprint density at radius 1 is 1.28 bits per heavy atom. The van der Waals surface area contributed by atoms with E-state index in [1.807, 2.05) is 18.3 Å². The predicted octanol–water partition coefficient (Wildman–Crippen LogP) is 1.74. The van der Waals surface area contributed by atoms with Gasteiger partial charge in [0.2, 0.25) is 0 Å². The molecule has 4 nitrogen and oxygen atoms in total. The van der Waals surface area contributed by atoms with Crippen molar-refractivity contribution in [1.82, 2.24) is 14.5 Å². The SMILES string of the molecule is CCN(CC)CCn1ccc2ncccc2c1=O. The molecule has 18 heavy (non-hydrogen) atoms. The number of likely N-dealkylation sites (N-methyl/N-ethyl adjacent to an activating group) is 1. The van der Waals surface area contributed by atoms with E-state index < -0.39 is 0 Å². The summed E-state index contributed by atoms with van der Waals surface area (Å²) in [7, 11) is 0. The van der Waals surface area contributed by atoms with E-state index >= 15 is 0 Å². The molecule has 2 aromatic rings. The third-order valence-corrected chi connectivity index (χ3v) is 3.29. The second kappa shape index (κ2) is 5.78. The highest BCUT2D eigenvalue weighted by Crippen LogP contribution is 2.04. The van der Waals surface area contributed by atoms with Gasteiger partial charge in [-0.25, -0.2) is 0 Å². The van der Waals surface area contributed by atoms with E-state index in [9.17, 15) is 4.79 Å². The van der Waals surface area contributed by atoms with Crippen LogP contribution in [0.1, 0.15) is 13.8 Å². The first-order chi connectivity index (χ1) is 8.76. The Kier molecular flexibility index (Phi) is 4.10. The summed E-state index contributed by atoms with van der Waals surface area (Å²) < 4.78 is 1.77. The van der Waals surface area contributed by atoms with Gasteiger partial charge in [-0.15, -0.1) is 0 Å². The summed E-state index contributed by atoms with van der Waals surface area (Å²) in [6.07, 6.45) is 3.54. The average Bonchev–Trinajstić information content (AvgIpc) is 2.42. The van der Waals surface area contributed by atoms with Crippen LogP contribution in [0.2, 0.25) is 0 Å². The lowest BCUT2D eigenvalue weighted by Gasteiger charge is -2.18. The van der Waals surface area contributed by atoms with E-state index in [4.69, 9.17) is 0 Å². The summed E-state index contributed by atoms with van der Waals surface area (Å²) in [5.74, 6) is 0. The summed E-state index contributed by atoms with van der Waals surface area (Å²) in [5, 5.41) is 0.694. The number of hydrogen-bond acceptors (Lipinski definition) is 3. The third-order valence-electron chi connectivity index (χ3n) is 3.29. The monoisotopic (exact) mass is 245 g/mol. The first-order valence-electron chi connectivity index (χ1n) is 6.42. The van der Waals surface area contributed by atoms with Gasteiger partial charge in [-0.3, -0.25) is 9.78 Å². The molecular formula is C14H19N3O. The Bertz CT molecular complexity index is 573. The third kappa shape index (κ3) is 2.59. The second-order valence-corrected chi connectivity index (χ2v) is 4.28. The molecule has 0 bridgehead atoms. The molecule has 0 saturated heterocycles. The van der Waals surface area contributed by atoms with Gasteiger partial charge in [-0.1, -0.05) is 13.8 Å². The highest BCUT2D eigenvalue weighted by Gasteiger charge is 2.04. The van der Waals surface area contributed by atoms with Crippen LogP contribution in [0.25, 0.3) is 10.9 Å². The number of aromatic nitrogens is 2. The van der Waals surface area contributed by atoms with Gasteiger partial charge in [0.05, 0.1) is 10.9 Å². The molecule has 2 aromatic heterocycles. The molecule has 2 rings (SSSR count). The Balaban J connectivity index is 2.24. The van der Waals surface area contributed by atoms with Crippen molar-refractivity contribution in [2.75, 3.05) is 19.6 Å².